The van der Waals surface area contributed by atoms with Crippen LogP contribution in [0.2, 0.25) is 0 Å². The van der Waals surface area contributed by atoms with Gasteiger partial charge < -0.3 is 20.7 Å². The van der Waals surface area contributed by atoms with Gasteiger partial charge in [0.25, 0.3) is 0 Å². The zero-order chi connectivity index (χ0) is 22.2. The molecule has 2 unspecified atom stereocenters. The number of alkyl halides is 3. The molecule has 0 aliphatic carbocycles. The van der Waals surface area contributed by atoms with Crippen molar-refractivity contribution >= 4 is 35.9 Å². The van der Waals surface area contributed by atoms with Crippen molar-refractivity contribution < 1.29 is 17.9 Å². The van der Waals surface area contributed by atoms with Crippen LogP contribution in [0.5, 0.6) is 0 Å². The summed E-state index contributed by atoms with van der Waals surface area (Å²) in [5.74, 6) is 0.967. The van der Waals surface area contributed by atoms with Crippen molar-refractivity contribution in [3.63, 3.8) is 0 Å². The van der Waals surface area contributed by atoms with E-state index in [4.69, 9.17) is 9.73 Å². The monoisotopic (exact) mass is 558 g/mol. The molecule has 11 heteroatoms. The second-order valence-electron chi connectivity index (χ2n) is 8.40. The van der Waals surface area contributed by atoms with Crippen LogP contribution in [0.15, 0.2) is 17.3 Å². The molecule has 1 fully saturated rings. The molecule has 0 radical (unpaired) electrons. The van der Waals surface area contributed by atoms with E-state index in [1.165, 1.54) is 0 Å². The Labute approximate surface area is 199 Å². The summed E-state index contributed by atoms with van der Waals surface area (Å²) in [5, 5.41) is 9.18. The molecule has 2 rings (SSSR count). The molecule has 3 N–H and O–H groups in total. The van der Waals surface area contributed by atoms with Crippen molar-refractivity contribution in [3.05, 3.63) is 18.0 Å². The van der Waals surface area contributed by atoms with Gasteiger partial charge in [0.2, 0.25) is 5.95 Å². The second kappa shape index (κ2) is 12.6. The summed E-state index contributed by atoms with van der Waals surface area (Å²) in [7, 11) is 0. The molecule has 2 atom stereocenters. The normalized spacial score (nSPS) is 20.0. The lowest BCUT2D eigenvalue weighted by molar-refractivity contribution is -0.141. The Kier molecular flexibility index (Phi) is 11.3. The summed E-state index contributed by atoms with van der Waals surface area (Å²) < 4.78 is 44.2. The summed E-state index contributed by atoms with van der Waals surface area (Å²) in [5.41, 5.74) is -0.910. The molecule has 7 nitrogen and oxygen atoms in total. The molecule has 1 saturated heterocycles. The highest BCUT2D eigenvalue weighted by Crippen LogP contribution is 2.34. The van der Waals surface area contributed by atoms with Gasteiger partial charge in [0.15, 0.2) is 5.96 Å². The summed E-state index contributed by atoms with van der Waals surface area (Å²) in [4.78, 5) is 12.0. The largest absolute Gasteiger partial charge is 0.433 e. The minimum absolute atomic E-state index is 0. The van der Waals surface area contributed by atoms with E-state index in [2.05, 4.69) is 46.7 Å². The van der Waals surface area contributed by atoms with Gasteiger partial charge in [-0.2, -0.15) is 13.2 Å². The Morgan fingerprint density at radius 2 is 1.97 bits per heavy atom. The maximum absolute atomic E-state index is 12.7. The number of hydrogen-bond acceptors (Lipinski definition) is 5. The maximum atomic E-state index is 12.7. The van der Waals surface area contributed by atoms with Gasteiger partial charge in [0.1, 0.15) is 5.69 Å². The van der Waals surface area contributed by atoms with Crippen molar-refractivity contribution in [3.8, 4) is 0 Å². The zero-order valence-electron chi connectivity index (χ0n) is 18.6. The van der Waals surface area contributed by atoms with Crippen LogP contribution in [-0.2, 0) is 10.9 Å². The highest BCUT2D eigenvalue weighted by atomic mass is 127. The third kappa shape index (κ3) is 9.34. The fraction of sp³-hybridized carbons (Fsp3) is 0.750. The van der Waals surface area contributed by atoms with Crippen LogP contribution in [-0.4, -0.2) is 54.8 Å². The second-order valence-corrected chi connectivity index (χ2v) is 8.40. The predicted molar refractivity (Wildman–Crippen MR) is 127 cm³/mol. The summed E-state index contributed by atoms with van der Waals surface area (Å²) in [6, 6.07) is 0.846. The number of aromatic nitrogens is 2. The summed E-state index contributed by atoms with van der Waals surface area (Å²) >= 11 is 0. The van der Waals surface area contributed by atoms with Crippen molar-refractivity contribution in [1.82, 2.24) is 20.6 Å². The molecular weight excluding hydrogens is 524 g/mol. The molecule has 0 amide bonds. The molecule has 0 bridgehead atoms. The molecule has 31 heavy (non-hydrogen) atoms. The van der Waals surface area contributed by atoms with E-state index >= 15 is 0 Å². The van der Waals surface area contributed by atoms with Crippen LogP contribution in [0.4, 0.5) is 19.1 Å². The van der Waals surface area contributed by atoms with E-state index < -0.39 is 11.9 Å². The lowest BCUT2D eigenvalue weighted by atomic mass is 9.78. The number of hydrogen-bond donors (Lipinski definition) is 3. The molecule has 1 aromatic heterocycles. The van der Waals surface area contributed by atoms with Gasteiger partial charge in [-0.3, -0.25) is 4.99 Å². The highest BCUT2D eigenvalue weighted by molar-refractivity contribution is 14.0. The molecule has 1 aliphatic heterocycles. The minimum atomic E-state index is -4.49. The molecule has 1 aliphatic rings. The first-order valence-electron chi connectivity index (χ1n) is 10.4. The van der Waals surface area contributed by atoms with Crippen LogP contribution >= 0.6 is 24.0 Å². The summed E-state index contributed by atoms with van der Waals surface area (Å²) in [6.45, 7) is 11.5. The number of rotatable bonds is 7. The molecule has 0 spiro atoms. The van der Waals surface area contributed by atoms with Crippen molar-refractivity contribution in [2.45, 2.75) is 52.8 Å². The van der Waals surface area contributed by atoms with Crippen LogP contribution in [0.3, 0.4) is 0 Å². The first kappa shape index (κ1) is 27.7. The quantitative estimate of drug-likeness (QED) is 0.204. The fourth-order valence-corrected chi connectivity index (χ4v) is 3.49. The highest BCUT2D eigenvalue weighted by Gasteiger charge is 2.35. The fourth-order valence-electron chi connectivity index (χ4n) is 3.49. The van der Waals surface area contributed by atoms with Crippen LogP contribution < -0.4 is 16.0 Å². The number of anilines is 1. The number of ether oxygens (including phenoxy) is 1. The number of aliphatic imine (C=N–C) groups is 1. The van der Waals surface area contributed by atoms with E-state index in [1.54, 1.807) is 0 Å². The molecule has 178 valence electrons. The third-order valence-corrected chi connectivity index (χ3v) is 4.77. The van der Waals surface area contributed by atoms with Gasteiger partial charge in [-0.15, -0.1) is 24.0 Å². The third-order valence-electron chi connectivity index (χ3n) is 4.77. The van der Waals surface area contributed by atoms with E-state index in [9.17, 15) is 13.2 Å². The van der Waals surface area contributed by atoms with Crippen LogP contribution in [0.25, 0.3) is 0 Å². The Morgan fingerprint density at radius 3 is 2.61 bits per heavy atom. The Morgan fingerprint density at radius 1 is 1.23 bits per heavy atom. The zero-order valence-corrected chi connectivity index (χ0v) is 20.9. The van der Waals surface area contributed by atoms with Crippen LogP contribution in [0.1, 0.15) is 46.2 Å². The topological polar surface area (TPSA) is 83.5 Å². The first-order chi connectivity index (χ1) is 14.1. The van der Waals surface area contributed by atoms with Gasteiger partial charge in [0.05, 0.1) is 6.10 Å². The van der Waals surface area contributed by atoms with E-state index in [0.717, 1.165) is 31.7 Å². The maximum Gasteiger partial charge on any atom is 0.433 e. The van der Waals surface area contributed by atoms with E-state index in [0.29, 0.717) is 38.1 Å². The van der Waals surface area contributed by atoms with Crippen LogP contribution in [0, 0.1) is 11.3 Å². The molecule has 0 aromatic carbocycles. The average Bonchev–Trinajstić information content (AvgIpc) is 2.68. The van der Waals surface area contributed by atoms with Gasteiger partial charge in [-0.05, 0) is 31.2 Å². The standard InChI is InChI=1S/C20H33F3N6O.HI/c1-5-24-17(28-13-14-7-6-12-30-16(14)19(2,3)4)26-10-11-27-18-25-9-8-15(29-18)20(21,22)23;/h8-9,14,16H,5-7,10-13H2,1-4H3,(H2,24,26,28)(H,25,27,29);1H. The number of nitrogens with zero attached hydrogens (tertiary/aromatic N) is 3. The predicted octanol–water partition coefficient (Wildman–Crippen LogP) is 3.92. The number of guanidine groups is 1. The van der Waals surface area contributed by atoms with Crippen molar-refractivity contribution in [1.29, 1.82) is 0 Å². The van der Waals surface area contributed by atoms with Gasteiger partial charge >= 0.3 is 6.18 Å². The summed E-state index contributed by atoms with van der Waals surface area (Å²) in [6.07, 6.45) is -1.11. The minimum Gasteiger partial charge on any atom is -0.377 e. The van der Waals surface area contributed by atoms with E-state index in [1.807, 2.05) is 6.92 Å². The lowest BCUT2D eigenvalue weighted by Gasteiger charge is -2.39. The smallest absolute Gasteiger partial charge is 0.377 e. The molecular formula is C20H34F3IN6O. The first-order valence-corrected chi connectivity index (χ1v) is 10.4. The molecule has 1 aromatic rings. The van der Waals surface area contributed by atoms with E-state index in [-0.39, 0.29) is 41.4 Å². The van der Waals surface area contributed by atoms with Crippen molar-refractivity contribution in [2.24, 2.45) is 16.3 Å². The number of halogens is 4. The van der Waals surface area contributed by atoms with Gasteiger partial charge in [0, 0.05) is 44.9 Å². The number of nitrogens with one attached hydrogen (secondary N) is 3. The van der Waals surface area contributed by atoms with Gasteiger partial charge in [-0.25, -0.2) is 9.97 Å². The Hall–Kier alpha value is -1.37. The van der Waals surface area contributed by atoms with Gasteiger partial charge in [-0.1, -0.05) is 20.8 Å². The SMILES string of the molecule is CCNC(=NCC1CCCOC1C(C)(C)C)NCCNc1nccc(C(F)(F)F)n1.I. The van der Waals surface area contributed by atoms with Crippen molar-refractivity contribution in [2.75, 3.05) is 38.1 Å². The molecule has 0 saturated carbocycles. The Balaban J connectivity index is 0.00000480. The molecule has 2 heterocycles. The lowest BCUT2D eigenvalue weighted by Crippen LogP contribution is -2.43. The average molecular weight is 558 g/mol. The Bertz CT molecular complexity index is 696.